The second-order valence-electron chi connectivity index (χ2n) is 6.84. The van der Waals surface area contributed by atoms with Crippen LogP contribution in [0.4, 0.5) is 0 Å². The molecule has 2 aliphatic rings. The number of hydrogen-bond donors (Lipinski definition) is 1. The van der Waals surface area contributed by atoms with Gasteiger partial charge in [0, 0.05) is 22.4 Å². The van der Waals surface area contributed by atoms with Gasteiger partial charge in [-0.25, -0.2) is 8.42 Å². The molecule has 2 heterocycles. The average Bonchev–Trinajstić information content (AvgIpc) is 2.77. The van der Waals surface area contributed by atoms with Crippen molar-refractivity contribution in [2.45, 2.75) is 45.8 Å². The number of sulfone groups is 1. The summed E-state index contributed by atoms with van der Waals surface area (Å²) in [5, 5.41) is 11.6. The van der Waals surface area contributed by atoms with E-state index in [-0.39, 0.29) is 17.2 Å². The lowest BCUT2D eigenvalue weighted by atomic mass is 9.75. The van der Waals surface area contributed by atoms with E-state index in [2.05, 4.69) is 18.4 Å². The number of hydrogen-bond acceptors (Lipinski definition) is 3. The van der Waals surface area contributed by atoms with Gasteiger partial charge in [-0.2, -0.15) is 0 Å². The molecule has 2 unspecified atom stereocenters. The largest absolute Gasteiger partial charge is 0.388 e. The minimum Gasteiger partial charge on any atom is -0.388 e. The highest BCUT2D eigenvalue weighted by Crippen LogP contribution is 2.43. The number of aliphatic hydroxyl groups excluding tert-OH is 1. The number of nitrogens with zero attached hydrogens (tertiary/aromatic N) is 1. The molecule has 0 bridgehead atoms. The van der Waals surface area contributed by atoms with Crippen molar-refractivity contribution in [1.82, 2.24) is 4.57 Å². The third-order valence-corrected chi connectivity index (χ3v) is 5.74. The summed E-state index contributed by atoms with van der Waals surface area (Å²) < 4.78 is 25.4. The summed E-state index contributed by atoms with van der Waals surface area (Å²) in [6, 6.07) is 1.87. The molecule has 1 aromatic heterocycles. The fourth-order valence-corrected chi connectivity index (χ4v) is 4.81. The van der Waals surface area contributed by atoms with E-state index in [1.807, 2.05) is 13.0 Å². The second-order valence-corrected chi connectivity index (χ2v) is 8.78. The zero-order valence-electron chi connectivity index (χ0n) is 12.1. The first-order valence-electron chi connectivity index (χ1n) is 6.98. The van der Waals surface area contributed by atoms with Crippen LogP contribution < -0.4 is 0 Å². The van der Waals surface area contributed by atoms with Crippen LogP contribution in [0.3, 0.4) is 0 Å². The van der Waals surface area contributed by atoms with Crippen LogP contribution in [0.25, 0.3) is 0 Å². The quantitative estimate of drug-likeness (QED) is 0.864. The molecule has 0 saturated carbocycles. The van der Waals surface area contributed by atoms with Gasteiger partial charge in [0.15, 0.2) is 9.84 Å². The zero-order chi connectivity index (χ0) is 14.7. The number of aromatic nitrogens is 1. The van der Waals surface area contributed by atoms with Gasteiger partial charge in [0.05, 0.1) is 17.9 Å². The lowest BCUT2D eigenvalue weighted by molar-refractivity contribution is 0.0978. The molecule has 0 aromatic carbocycles. The molecule has 0 fully saturated rings. The topological polar surface area (TPSA) is 59.3 Å². The summed E-state index contributed by atoms with van der Waals surface area (Å²) in [5.41, 5.74) is 3.13. The highest BCUT2D eigenvalue weighted by atomic mass is 32.2. The van der Waals surface area contributed by atoms with Gasteiger partial charge >= 0.3 is 0 Å². The van der Waals surface area contributed by atoms with Crippen molar-refractivity contribution in [2.24, 2.45) is 5.41 Å². The first kappa shape index (κ1) is 13.9. The van der Waals surface area contributed by atoms with E-state index in [0.29, 0.717) is 0 Å². The van der Waals surface area contributed by atoms with E-state index in [0.717, 1.165) is 29.8 Å². The molecule has 0 saturated heterocycles. The molecule has 1 aliphatic carbocycles. The number of aliphatic hydroxyl groups is 1. The van der Waals surface area contributed by atoms with Crippen LogP contribution in [-0.2, 0) is 16.3 Å². The van der Waals surface area contributed by atoms with Crippen LogP contribution >= 0.6 is 0 Å². The Hall–Kier alpha value is -1.07. The second kappa shape index (κ2) is 4.21. The maximum Gasteiger partial charge on any atom is 0.173 e. The third-order valence-electron chi connectivity index (χ3n) is 4.36. The number of rotatable bonds is 1. The summed E-state index contributed by atoms with van der Waals surface area (Å²) >= 11 is 0. The molecule has 4 nitrogen and oxygen atoms in total. The van der Waals surface area contributed by atoms with Gasteiger partial charge in [-0.1, -0.05) is 13.8 Å². The number of fused-ring (bicyclic) bond motifs is 1. The lowest BCUT2D eigenvalue weighted by Gasteiger charge is -2.34. The van der Waals surface area contributed by atoms with Crippen LogP contribution in [0.15, 0.2) is 17.6 Å². The maximum atomic E-state index is 11.7. The van der Waals surface area contributed by atoms with Crippen molar-refractivity contribution in [2.75, 3.05) is 5.75 Å². The Kier molecular flexibility index (Phi) is 2.93. The van der Waals surface area contributed by atoms with Crippen molar-refractivity contribution < 1.29 is 13.5 Å². The zero-order valence-corrected chi connectivity index (χ0v) is 12.9. The molecular formula is C15H21NO3S. The SMILES string of the molecule is Cc1cc2c(n1C1C=CS(=O)(=O)C1)CC(C)(C)CC2O. The molecule has 1 aromatic rings. The van der Waals surface area contributed by atoms with E-state index in [1.165, 1.54) is 5.41 Å². The van der Waals surface area contributed by atoms with Crippen molar-refractivity contribution in [3.8, 4) is 0 Å². The molecule has 20 heavy (non-hydrogen) atoms. The highest BCUT2D eigenvalue weighted by Gasteiger charge is 2.36. The average molecular weight is 295 g/mol. The Labute approximate surface area is 120 Å². The van der Waals surface area contributed by atoms with E-state index in [9.17, 15) is 13.5 Å². The fraction of sp³-hybridized carbons (Fsp3) is 0.600. The molecule has 0 radical (unpaired) electrons. The molecule has 0 spiro atoms. The van der Waals surface area contributed by atoms with E-state index in [4.69, 9.17) is 0 Å². The minimum absolute atomic E-state index is 0.0379. The van der Waals surface area contributed by atoms with Crippen molar-refractivity contribution in [3.63, 3.8) is 0 Å². The number of aryl methyl sites for hydroxylation is 1. The molecule has 5 heteroatoms. The normalized spacial score (nSPS) is 30.4. The first-order valence-corrected chi connectivity index (χ1v) is 8.70. The van der Waals surface area contributed by atoms with Crippen LogP contribution in [-0.4, -0.2) is 23.8 Å². The van der Waals surface area contributed by atoms with Crippen LogP contribution in [0.5, 0.6) is 0 Å². The molecule has 3 rings (SSSR count). The summed E-state index contributed by atoms with van der Waals surface area (Å²) in [5.74, 6) is 0.130. The van der Waals surface area contributed by atoms with Gasteiger partial charge in [-0.3, -0.25) is 0 Å². The van der Waals surface area contributed by atoms with Gasteiger partial charge in [0.2, 0.25) is 0 Å². The van der Waals surface area contributed by atoms with Crippen LogP contribution in [0.2, 0.25) is 0 Å². The fourth-order valence-electron chi connectivity index (χ4n) is 3.55. The van der Waals surface area contributed by atoms with Gasteiger partial charge < -0.3 is 9.67 Å². The summed E-state index contributed by atoms with van der Waals surface area (Å²) in [7, 11) is -3.07. The molecule has 1 N–H and O–H groups in total. The predicted octanol–water partition coefficient (Wildman–Crippen LogP) is 2.29. The van der Waals surface area contributed by atoms with Gasteiger partial charge in [0.25, 0.3) is 0 Å². The maximum absolute atomic E-state index is 11.7. The summed E-state index contributed by atoms with van der Waals surface area (Å²) in [6.07, 6.45) is 2.94. The van der Waals surface area contributed by atoms with E-state index < -0.39 is 15.9 Å². The van der Waals surface area contributed by atoms with Gasteiger partial charge in [-0.05, 0) is 37.3 Å². The highest BCUT2D eigenvalue weighted by molar-refractivity contribution is 7.94. The Morgan fingerprint density at radius 1 is 1.40 bits per heavy atom. The first-order chi connectivity index (χ1) is 9.19. The lowest BCUT2D eigenvalue weighted by Crippen LogP contribution is -2.28. The monoisotopic (exact) mass is 295 g/mol. The van der Waals surface area contributed by atoms with Crippen LogP contribution in [0, 0.1) is 12.3 Å². The Balaban J connectivity index is 2.08. The number of allylic oxidation sites excluding steroid dienone is 1. The standard InChI is InChI=1S/C15H21NO3S/c1-10-6-12-13(7-15(2,3)8-14(12)17)16(10)11-4-5-20(18,19)9-11/h4-6,11,14,17H,7-9H2,1-3H3. The van der Waals surface area contributed by atoms with Gasteiger partial charge in [-0.15, -0.1) is 0 Å². The van der Waals surface area contributed by atoms with Crippen molar-refractivity contribution in [1.29, 1.82) is 0 Å². The predicted molar refractivity (Wildman–Crippen MR) is 78.2 cm³/mol. The third kappa shape index (κ3) is 2.23. The summed E-state index contributed by atoms with van der Waals surface area (Å²) in [6.45, 7) is 6.27. The van der Waals surface area contributed by atoms with E-state index >= 15 is 0 Å². The Morgan fingerprint density at radius 3 is 2.70 bits per heavy atom. The minimum atomic E-state index is -3.07. The van der Waals surface area contributed by atoms with Crippen molar-refractivity contribution in [3.05, 3.63) is 34.5 Å². The molecule has 110 valence electrons. The Morgan fingerprint density at radius 2 is 2.10 bits per heavy atom. The molecule has 1 aliphatic heterocycles. The molecule has 0 amide bonds. The van der Waals surface area contributed by atoms with E-state index in [1.54, 1.807) is 6.08 Å². The molecular weight excluding hydrogens is 274 g/mol. The Bertz CT molecular complexity index is 682. The smallest absolute Gasteiger partial charge is 0.173 e. The summed E-state index contributed by atoms with van der Waals surface area (Å²) in [4.78, 5) is 0. The van der Waals surface area contributed by atoms with Crippen molar-refractivity contribution >= 4 is 9.84 Å². The van der Waals surface area contributed by atoms with Crippen LogP contribution in [0.1, 0.15) is 49.4 Å². The molecule has 2 atom stereocenters. The van der Waals surface area contributed by atoms with Gasteiger partial charge in [0.1, 0.15) is 0 Å².